The molecule has 3 rings (SSSR count). The first-order valence-corrected chi connectivity index (χ1v) is 6.85. The van der Waals surface area contributed by atoms with Crippen LogP contribution in [0.4, 0.5) is 0 Å². The number of aromatic nitrogens is 4. The van der Waals surface area contributed by atoms with Crippen LogP contribution in [0.25, 0.3) is 5.69 Å². The smallest absolute Gasteiger partial charge is 0.111 e. The van der Waals surface area contributed by atoms with E-state index in [1.807, 2.05) is 53.6 Å². The topological polar surface area (TPSA) is 35.6 Å². The van der Waals surface area contributed by atoms with Gasteiger partial charge in [-0.3, -0.25) is 0 Å². The molecular weight excluding hydrogens is 248 g/mol. The Balaban J connectivity index is 1.83. The lowest BCUT2D eigenvalue weighted by molar-refractivity contribution is 0.655. The fourth-order valence-corrected chi connectivity index (χ4v) is 2.30. The second kappa shape index (κ2) is 5.33. The molecule has 2 aromatic heterocycles. The summed E-state index contributed by atoms with van der Waals surface area (Å²) in [7, 11) is 0. The minimum absolute atomic E-state index is 0.418. The summed E-state index contributed by atoms with van der Waals surface area (Å²) in [5.74, 6) is 1.51. The first kappa shape index (κ1) is 12.7. The zero-order valence-corrected chi connectivity index (χ0v) is 11.8. The van der Waals surface area contributed by atoms with Crippen LogP contribution in [0.3, 0.4) is 0 Å². The summed E-state index contributed by atoms with van der Waals surface area (Å²) >= 11 is 0. The molecule has 0 amide bonds. The Kier molecular flexibility index (Phi) is 3.37. The van der Waals surface area contributed by atoms with Gasteiger partial charge in [-0.15, -0.1) is 0 Å². The van der Waals surface area contributed by atoms with Crippen LogP contribution in [0.1, 0.15) is 31.3 Å². The van der Waals surface area contributed by atoms with Gasteiger partial charge < -0.3 is 4.57 Å². The molecule has 0 aliphatic carbocycles. The second-order valence-corrected chi connectivity index (χ2v) is 5.16. The maximum absolute atomic E-state index is 4.62. The first-order valence-electron chi connectivity index (χ1n) is 6.85. The number of hydrogen-bond acceptors (Lipinski definition) is 2. The number of rotatable bonds is 4. The van der Waals surface area contributed by atoms with Gasteiger partial charge in [0.2, 0.25) is 0 Å². The van der Waals surface area contributed by atoms with Crippen molar-refractivity contribution in [3.63, 3.8) is 0 Å². The van der Waals surface area contributed by atoms with Gasteiger partial charge in [0.05, 0.1) is 17.9 Å². The van der Waals surface area contributed by atoms with Gasteiger partial charge in [-0.05, 0) is 18.2 Å². The van der Waals surface area contributed by atoms with Gasteiger partial charge >= 0.3 is 0 Å². The summed E-state index contributed by atoms with van der Waals surface area (Å²) in [6, 6.07) is 12.2. The summed E-state index contributed by atoms with van der Waals surface area (Å²) in [6.07, 6.45) is 5.86. The minimum Gasteiger partial charge on any atom is -0.329 e. The molecule has 0 spiro atoms. The largest absolute Gasteiger partial charge is 0.329 e. The van der Waals surface area contributed by atoms with Crippen LogP contribution in [0.5, 0.6) is 0 Å². The average molecular weight is 266 g/mol. The standard InChI is InChI=1S/C16H18N4/c1-13(2)16-17-9-11-19(16)12-14-8-10-20(18-14)15-6-4-3-5-7-15/h3-11,13H,12H2,1-2H3. The highest BCUT2D eigenvalue weighted by Gasteiger charge is 2.09. The lowest BCUT2D eigenvalue weighted by Crippen LogP contribution is -2.07. The van der Waals surface area contributed by atoms with Gasteiger partial charge in [-0.25, -0.2) is 9.67 Å². The van der Waals surface area contributed by atoms with Gasteiger partial charge in [0.25, 0.3) is 0 Å². The molecule has 0 N–H and O–H groups in total. The van der Waals surface area contributed by atoms with E-state index in [-0.39, 0.29) is 0 Å². The maximum atomic E-state index is 4.62. The Bertz CT molecular complexity index is 679. The molecule has 0 aliphatic heterocycles. The fraction of sp³-hybridized carbons (Fsp3) is 0.250. The molecule has 0 saturated carbocycles. The molecule has 0 radical (unpaired) electrons. The monoisotopic (exact) mass is 266 g/mol. The van der Waals surface area contributed by atoms with Crippen LogP contribution in [0.15, 0.2) is 55.0 Å². The van der Waals surface area contributed by atoms with Gasteiger partial charge in [0.15, 0.2) is 0 Å². The Labute approximate surface area is 118 Å². The van der Waals surface area contributed by atoms with Crippen LogP contribution >= 0.6 is 0 Å². The van der Waals surface area contributed by atoms with E-state index in [0.717, 1.165) is 23.8 Å². The third kappa shape index (κ3) is 2.50. The maximum Gasteiger partial charge on any atom is 0.111 e. The van der Waals surface area contributed by atoms with Crippen molar-refractivity contribution >= 4 is 0 Å². The van der Waals surface area contributed by atoms with Crippen molar-refractivity contribution < 1.29 is 0 Å². The van der Waals surface area contributed by atoms with E-state index in [1.165, 1.54) is 0 Å². The highest BCUT2D eigenvalue weighted by molar-refractivity contribution is 5.30. The molecule has 4 nitrogen and oxygen atoms in total. The molecule has 0 atom stereocenters. The molecule has 0 saturated heterocycles. The fourth-order valence-electron chi connectivity index (χ4n) is 2.30. The van der Waals surface area contributed by atoms with E-state index in [2.05, 4.69) is 34.6 Å². The number of benzene rings is 1. The Hall–Kier alpha value is -2.36. The summed E-state index contributed by atoms with van der Waals surface area (Å²) in [6.45, 7) is 5.07. The zero-order valence-electron chi connectivity index (χ0n) is 11.8. The Morgan fingerprint density at radius 3 is 2.60 bits per heavy atom. The van der Waals surface area contributed by atoms with Crippen molar-refractivity contribution in [3.8, 4) is 5.69 Å². The highest BCUT2D eigenvalue weighted by atomic mass is 15.3. The SMILES string of the molecule is CC(C)c1nccn1Cc1ccn(-c2ccccc2)n1. The lowest BCUT2D eigenvalue weighted by atomic mass is 10.2. The predicted octanol–water partition coefficient (Wildman–Crippen LogP) is 3.24. The second-order valence-electron chi connectivity index (χ2n) is 5.16. The summed E-state index contributed by atoms with van der Waals surface area (Å²) < 4.78 is 4.06. The molecule has 20 heavy (non-hydrogen) atoms. The summed E-state index contributed by atoms with van der Waals surface area (Å²) in [5, 5.41) is 4.62. The van der Waals surface area contributed by atoms with Crippen LogP contribution in [-0.2, 0) is 6.54 Å². The zero-order chi connectivity index (χ0) is 13.9. The quantitative estimate of drug-likeness (QED) is 0.726. The minimum atomic E-state index is 0.418. The van der Waals surface area contributed by atoms with Crippen LogP contribution in [-0.4, -0.2) is 19.3 Å². The van der Waals surface area contributed by atoms with Gasteiger partial charge in [-0.2, -0.15) is 5.10 Å². The number of hydrogen-bond donors (Lipinski definition) is 0. The van der Waals surface area contributed by atoms with Crippen LogP contribution in [0.2, 0.25) is 0 Å². The third-order valence-electron chi connectivity index (χ3n) is 3.26. The van der Waals surface area contributed by atoms with Crippen LogP contribution in [0, 0.1) is 0 Å². The van der Waals surface area contributed by atoms with Gasteiger partial charge in [0, 0.05) is 24.5 Å². The summed E-state index contributed by atoms with van der Waals surface area (Å²) in [5.41, 5.74) is 2.11. The highest BCUT2D eigenvalue weighted by Crippen LogP contribution is 2.14. The Morgan fingerprint density at radius 2 is 1.85 bits per heavy atom. The number of nitrogens with zero attached hydrogens (tertiary/aromatic N) is 4. The molecule has 0 fully saturated rings. The van der Waals surface area contributed by atoms with E-state index >= 15 is 0 Å². The predicted molar refractivity (Wildman–Crippen MR) is 79.0 cm³/mol. The molecular formula is C16H18N4. The summed E-state index contributed by atoms with van der Waals surface area (Å²) in [4.78, 5) is 4.41. The molecule has 0 bridgehead atoms. The van der Waals surface area contributed by atoms with Crippen molar-refractivity contribution in [3.05, 3.63) is 66.5 Å². The molecule has 0 aliphatic rings. The normalized spacial score (nSPS) is 11.2. The van der Waals surface area contributed by atoms with Crippen molar-refractivity contribution in [1.82, 2.24) is 19.3 Å². The first-order chi connectivity index (χ1) is 9.74. The molecule has 4 heteroatoms. The number of para-hydroxylation sites is 1. The van der Waals surface area contributed by atoms with E-state index in [1.54, 1.807) is 0 Å². The molecule has 2 heterocycles. The lowest BCUT2D eigenvalue weighted by Gasteiger charge is -2.08. The van der Waals surface area contributed by atoms with Crippen molar-refractivity contribution in [1.29, 1.82) is 0 Å². The van der Waals surface area contributed by atoms with Gasteiger partial charge in [0.1, 0.15) is 5.82 Å². The third-order valence-corrected chi connectivity index (χ3v) is 3.26. The number of imidazole rings is 1. The van der Waals surface area contributed by atoms with Crippen molar-refractivity contribution in [2.24, 2.45) is 0 Å². The van der Waals surface area contributed by atoms with Crippen molar-refractivity contribution in [2.75, 3.05) is 0 Å². The molecule has 102 valence electrons. The van der Waals surface area contributed by atoms with E-state index in [9.17, 15) is 0 Å². The average Bonchev–Trinajstić information content (AvgIpc) is 3.09. The Morgan fingerprint density at radius 1 is 1.05 bits per heavy atom. The van der Waals surface area contributed by atoms with Gasteiger partial charge in [-0.1, -0.05) is 32.0 Å². The van der Waals surface area contributed by atoms with Crippen LogP contribution < -0.4 is 0 Å². The van der Waals surface area contributed by atoms with E-state index < -0.39 is 0 Å². The van der Waals surface area contributed by atoms with E-state index in [4.69, 9.17) is 0 Å². The molecule has 3 aromatic rings. The van der Waals surface area contributed by atoms with Crippen molar-refractivity contribution in [2.45, 2.75) is 26.3 Å². The molecule has 1 aromatic carbocycles. The molecule has 0 unspecified atom stereocenters. The van der Waals surface area contributed by atoms with E-state index in [0.29, 0.717) is 5.92 Å².